The number of ether oxygens (including phenoxy) is 1. The topological polar surface area (TPSA) is 21.3 Å². The van der Waals surface area contributed by atoms with E-state index in [1.54, 1.807) is 7.11 Å². The predicted molar refractivity (Wildman–Crippen MR) is 87.5 cm³/mol. The first-order chi connectivity index (χ1) is 9.93. The van der Waals surface area contributed by atoms with Crippen LogP contribution in [0.25, 0.3) is 0 Å². The molecule has 3 saturated carbocycles. The summed E-state index contributed by atoms with van der Waals surface area (Å²) in [6, 6.07) is 7.09. The lowest BCUT2D eigenvalue weighted by atomic mass is 9.45. The van der Waals surface area contributed by atoms with Crippen LogP contribution in [-0.2, 0) is 6.54 Å². The summed E-state index contributed by atoms with van der Waals surface area (Å²) in [6.45, 7) is 10.4. The lowest BCUT2D eigenvalue weighted by molar-refractivity contribution is -0.115. The highest BCUT2D eigenvalue weighted by molar-refractivity contribution is 5.36. The number of nitrogens with one attached hydrogen (secondary N) is 1. The molecule has 21 heavy (non-hydrogen) atoms. The van der Waals surface area contributed by atoms with E-state index in [1.165, 1.54) is 24.0 Å². The van der Waals surface area contributed by atoms with Crippen LogP contribution in [0, 0.1) is 30.1 Å². The van der Waals surface area contributed by atoms with Gasteiger partial charge in [-0.3, -0.25) is 0 Å². The summed E-state index contributed by atoms with van der Waals surface area (Å²) in [6.07, 6.45) is 2.78. The van der Waals surface area contributed by atoms with E-state index in [1.807, 2.05) is 0 Å². The number of hydrogen-bond donors (Lipinski definition) is 1. The molecule has 1 aromatic carbocycles. The highest BCUT2D eigenvalue weighted by Crippen LogP contribution is 2.61. The molecule has 4 rings (SSSR count). The molecule has 3 aliphatic rings. The van der Waals surface area contributed by atoms with E-state index in [2.05, 4.69) is 51.2 Å². The Kier molecular flexibility index (Phi) is 3.77. The first kappa shape index (κ1) is 14.9. The smallest absolute Gasteiger partial charge is 0.123 e. The normalized spacial score (nSPS) is 33.4. The van der Waals surface area contributed by atoms with E-state index in [9.17, 15) is 0 Å². The molecule has 3 fully saturated rings. The summed E-state index contributed by atoms with van der Waals surface area (Å²) in [7, 11) is 1.76. The molecule has 0 saturated heterocycles. The molecule has 0 unspecified atom stereocenters. The Morgan fingerprint density at radius 3 is 2.67 bits per heavy atom. The van der Waals surface area contributed by atoms with E-state index < -0.39 is 0 Å². The third-order valence-electron chi connectivity index (χ3n) is 6.34. The molecule has 2 heteroatoms. The van der Waals surface area contributed by atoms with E-state index in [-0.39, 0.29) is 0 Å². The molecule has 3 aliphatic carbocycles. The third-order valence-corrected chi connectivity index (χ3v) is 6.34. The van der Waals surface area contributed by atoms with E-state index in [4.69, 9.17) is 4.74 Å². The zero-order chi connectivity index (χ0) is 15.2. The number of fused-ring (bicyclic) bond motifs is 2. The Morgan fingerprint density at radius 1 is 1.29 bits per heavy atom. The highest BCUT2D eigenvalue weighted by atomic mass is 16.5. The van der Waals surface area contributed by atoms with Gasteiger partial charge in [0.25, 0.3) is 0 Å². The van der Waals surface area contributed by atoms with Crippen LogP contribution in [-0.4, -0.2) is 13.2 Å². The van der Waals surface area contributed by atoms with Crippen LogP contribution in [0.3, 0.4) is 0 Å². The predicted octanol–water partition coefficient (Wildman–Crippen LogP) is 4.16. The third kappa shape index (κ3) is 2.48. The maximum atomic E-state index is 5.49. The van der Waals surface area contributed by atoms with Crippen LogP contribution in [0.4, 0.5) is 0 Å². The Labute approximate surface area is 129 Å². The van der Waals surface area contributed by atoms with Gasteiger partial charge in [-0.1, -0.05) is 38.5 Å². The molecule has 1 aromatic rings. The molecule has 0 radical (unpaired) electrons. The van der Waals surface area contributed by atoms with Crippen molar-refractivity contribution in [3.63, 3.8) is 0 Å². The molecule has 0 amide bonds. The van der Waals surface area contributed by atoms with Crippen molar-refractivity contribution in [2.24, 2.45) is 23.2 Å². The molecule has 0 aromatic heterocycles. The number of rotatable bonds is 4. The maximum Gasteiger partial charge on any atom is 0.123 e. The summed E-state index contributed by atoms with van der Waals surface area (Å²) in [5.41, 5.74) is 3.15. The van der Waals surface area contributed by atoms with Crippen LogP contribution in [0.15, 0.2) is 18.2 Å². The minimum absolute atomic E-state index is 0.568. The molecule has 0 spiro atoms. The van der Waals surface area contributed by atoms with E-state index in [0.717, 1.165) is 30.0 Å². The second-order valence-electron chi connectivity index (χ2n) is 7.76. The summed E-state index contributed by atoms with van der Waals surface area (Å²) in [4.78, 5) is 0. The number of hydrogen-bond acceptors (Lipinski definition) is 2. The molecule has 0 heterocycles. The molecule has 2 bridgehead atoms. The van der Waals surface area contributed by atoms with E-state index >= 15 is 0 Å². The van der Waals surface area contributed by atoms with Gasteiger partial charge in [0.05, 0.1) is 7.11 Å². The molecule has 1 N–H and O–H groups in total. The zero-order valence-electron chi connectivity index (χ0n) is 14.1. The quantitative estimate of drug-likeness (QED) is 0.897. The minimum Gasteiger partial charge on any atom is -0.496 e. The fourth-order valence-electron chi connectivity index (χ4n) is 4.71. The van der Waals surface area contributed by atoms with Crippen LogP contribution < -0.4 is 10.1 Å². The van der Waals surface area contributed by atoms with Crippen molar-refractivity contribution in [2.75, 3.05) is 7.11 Å². The van der Waals surface area contributed by atoms with Crippen molar-refractivity contribution < 1.29 is 4.74 Å². The van der Waals surface area contributed by atoms with Gasteiger partial charge in [0, 0.05) is 18.2 Å². The summed E-state index contributed by atoms with van der Waals surface area (Å²) in [5, 5.41) is 3.81. The van der Waals surface area contributed by atoms with E-state index in [0.29, 0.717) is 11.5 Å². The lowest BCUT2D eigenvalue weighted by Crippen LogP contribution is -2.59. The summed E-state index contributed by atoms with van der Waals surface area (Å²) in [5.74, 6) is 3.59. The molecule has 0 aliphatic heterocycles. The van der Waals surface area contributed by atoms with Crippen molar-refractivity contribution in [1.82, 2.24) is 5.32 Å². The Morgan fingerprint density at radius 2 is 2.05 bits per heavy atom. The molecule has 116 valence electrons. The molecular formula is C19H29NO. The van der Waals surface area contributed by atoms with Crippen molar-refractivity contribution in [2.45, 2.75) is 53.1 Å². The zero-order valence-corrected chi connectivity index (χ0v) is 14.1. The number of aryl methyl sites for hydroxylation is 1. The van der Waals surface area contributed by atoms with Crippen molar-refractivity contribution in [3.8, 4) is 5.75 Å². The van der Waals surface area contributed by atoms with Gasteiger partial charge < -0.3 is 10.1 Å². The van der Waals surface area contributed by atoms with Crippen LogP contribution in [0.5, 0.6) is 5.75 Å². The van der Waals surface area contributed by atoms with Gasteiger partial charge in [-0.15, -0.1) is 0 Å². The van der Waals surface area contributed by atoms with Crippen molar-refractivity contribution in [1.29, 1.82) is 0 Å². The fourth-order valence-corrected chi connectivity index (χ4v) is 4.71. The SMILES string of the molecule is COc1ccc(C)cc1CN[C@H]1C[C@H]2C[C@@H]([C@@H]1C)C2(C)C. The van der Waals surface area contributed by atoms with Gasteiger partial charge >= 0.3 is 0 Å². The largest absolute Gasteiger partial charge is 0.496 e. The fraction of sp³-hybridized carbons (Fsp3) is 0.684. The Bertz CT molecular complexity index is 522. The maximum absolute atomic E-state index is 5.49. The number of methoxy groups -OCH3 is 1. The molecular weight excluding hydrogens is 258 g/mol. The number of benzene rings is 1. The second kappa shape index (κ2) is 5.31. The Hall–Kier alpha value is -1.02. The van der Waals surface area contributed by atoms with Crippen LogP contribution in [0.2, 0.25) is 0 Å². The van der Waals surface area contributed by atoms with Gasteiger partial charge in [-0.2, -0.15) is 0 Å². The van der Waals surface area contributed by atoms with Gasteiger partial charge in [-0.05, 0) is 49.0 Å². The van der Waals surface area contributed by atoms with Crippen molar-refractivity contribution in [3.05, 3.63) is 29.3 Å². The van der Waals surface area contributed by atoms with Gasteiger partial charge in [-0.25, -0.2) is 0 Å². The first-order valence-corrected chi connectivity index (χ1v) is 8.30. The summed E-state index contributed by atoms with van der Waals surface area (Å²) >= 11 is 0. The summed E-state index contributed by atoms with van der Waals surface area (Å²) < 4.78 is 5.49. The van der Waals surface area contributed by atoms with Gasteiger partial charge in [0.15, 0.2) is 0 Å². The second-order valence-corrected chi connectivity index (χ2v) is 7.76. The molecule has 4 atom stereocenters. The van der Waals surface area contributed by atoms with Crippen LogP contribution >= 0.6 is 0 Å². The van der Waals surface area contributed by atoms with Gasteiger partial charge in [0.2, 0.25) is 0 Å². The first-order valence-electron chi connectivity index (χ1n) is 8.30. The highest BCUT2D eigenvalue weighted by Gasteiger charge is 2.55. The Balaban J connectivity index is 1.65. The standard InChI is InChI=1S/C19H29NO/c1-12-6-7-18(21-5)14(8-12)11-20-17-10-15-9-16(13(17)2)19(15,3)4/h6-8,13,15-17,20H,9-11H2,1-5H3/t13-,15+,16-,17-/m0/s1. The van der Waals surface area contributed by atoms with Gasteiger partial charge in [0.1, 0.15) is 5.75 Å². The molecule has 2 nitrogen and oxygen atoms in total. The average Bonchev–Trinajstić information content (AvgIpc) is 2.45. The lowest BCUT2D eigenvalue weighted by Gasteiger charge is -2.62. The monoisotopic (exact) mass is 287 g/mol. The average molecular weight is 287 g/mol. The van der Waals surface area contributed by atoms with Crippen LogP contribution in [0.1, 0.15) is 44.7 Å². The van der Waals surface area contributed by atoms with Crippen molar-refractivity contribution >= 4 is 0 Å². The minimum atomic E-state index is 0.568.